The predicted molar refractivity (Wildman–Crippen MR) is 134 cm³/mol. The summed E-state index contributed by atoms with van der Waals surface area (Å²) < 4.78 is 11.3. The lowest BCUT2D eigenvalue weighted by Gasteiger charge is -2.28. The van der Waals surface area contributed by atoms with Gasteiger partial charge >= 0.3 is 0 Å². The van der Waals surface area contributed by atoms with Gasteiger partial charge in [-0.05, 0) is 53.4 Å². The van der Waals surface area contributed by atoms with Crippen molar-refractivity contribution in [3.63, 3.8) is 0 Å². The van der Waals surface area contributed by atoms with E-state index in [-0.39, 0.29) is 16.7 Å². The first-order chi connectivity index (χ1) is 16.7. The summed E-state index contributed by atoms with van der Waals surface area (Å²) in [6, 6.07) is 15.3. The van der Waals surface area contributed by atoms with E-state index >= 15 is 0 Å². The predicted octanol–water partition coefficient (Wildman–Crippen LogP) is 5.03. The molecule has 7 nitrogen and oxygen atoms in total. The number of rotatable bonds is 3. The minimum atomic E-state index is -0.893. The monoisotopic (exact) mass is 472 g/mol. The Bertz CT molecular complexity index is 1320. The zero-order valence-corrected chi connectivity index (χ0v) is 20.2. The molecule has 2 aliphatic heterocycles. The van der Waals surface area contributed by atoms with Crippen molar-refractivity contribution in [2.45, 2.75) is 32.2 Å². The second-order valence-corrected chi connectivity index (χ2v) is 9.93. The molecule has 0 radical (unpaired) electrons. The van der Waals surface area contributed by atoms with E-state index in [1.165, 1.54) is 11.2 Å². The molecule has 1 saturated heterocycles. The summed E-state index contributed by atoms with van der Waals surface area (Å²) in [5.74, 6) is -0.623. The minimum absolute atomic E-state index is 0.0100. The first-order valence-corrected chi connectivity index (χ1v) is 11.6. The van der Waals surface area contributed by atoms with Crippen LogP contribution in [-0.2, 0) is 15.0 Å². The second kappa shape index (κ2) is 8.34. The number of furan rings is 1. The highest BCUT2D eigenvalue weighted by Crippen LogP contribution is 2.43. The largest absolute Gasteiger partial charge is 0.507 e. The Labute approximate surface area is 204 Å². The Kier molecular flexibility index (Phi) is 5.43. The second-order valence-electron chi connectivity index (χ2n) is 9.93. The van der Waals surface area contributed by atoms with Crippen LogP contribution in [0.1, 0.15) is 43.7 Å². The van der Waals surface area contributed by atoms with Crippen LogP contribution in [0.4, 0.5) is 11.4 Å². The molecule has 1 amide bonds. The average Bonchev–Trinajstić information content (AvgIpc) is 3.45. The summed E-state index contributed by atoms with van der Waals surface area (Å²) in [5, 5.41) is 11.4. The molecule has 3 heterocycles. The van der Waals surface area contributed by atoms with Gasteiger partial charge in [0.1, 0.15) is 29.9 Å². The van der Waals surface area contributed by atoms with E-state index in [2.05, 4.69) is 20.8 Å². The Morgan fingerprint density at radius 3 is 2.46 bits per heavy atom. The van der Waals surface area contributed by atoms with Gasteiger partial charge in [0.05, 0.1) is 24.1 Å². The first-order valence-electron chi connectivity index (χ1n) is 11.6. The van der Waals surface area contributed by atoms with Crippen LogP contribution in [-0.4, -0.2) is 37.0 Å². The fraction of sp³-hybridized carbons (Fsp3) is 0.286. The summed E-state index contributed by atoms with van der Waals surface area (Å²) in [6.45, 7) is 7.61. The number of hydrogen-bond donors (Lipinski definition) is 1. The lowest BCUT2D eigenvalue weighted by molar-refractivity contribution is -0.132. The highest BCUT2D eigenvalue weighted by molar-refractivity contribution is 6.51. The molecule has 2 aliphatic rings. The first kappa shape index (κ1) is 22.8. The maximum Gasteiger partial charge on any atom is 0.300 e. The number of Topliss-reactive ketones (excluding diaryl/α,β-unsaturated/α-hetero) is 1. The van der Waals surface area contributed by atoms with Crippen LogP contribution in [0.3, 0.4) is 0 Å². The van der Waals surface area contributed by atoms with Gasteiger partial charge in [-0.1, -0.05) is 32.9 Å². The number of ether oxygens (including phenoxy) is 1. The van der Waals surface area contributed by atoms with Gasteiger partial charge in [0.15, 0.2) is 0 Å². The molecule has 1 unspecified atom stereocenters. The molecule has 0 spiro atoms. The van der Waals surface area contributed by atoms with E-state index in [4.69, 9.17) is 9.15 Å². The topological polar surface area (TPSA) is 83.2 Å². The molecule has 1 atom stereocenters. The molecule has 7 heteroatoms. The summed E-state index contributed by atoms with van der Waals surface area (Å²) in [7, 11) is 1.94. The smallest absolute Gasteiger partial charge is 0.300 e. The number of carbonyl (C=O) groups is 2. The number of carbonyl (C=O) groups excluding carboxylic acids is 2. The third-order valence-electron chi connectivity index (χ3n) is 6.60. The number of anilines is 2. The molecule has 0 bridgehead atoms. The van der Waals surface area contributed by atoms with Gasteiger partial charge < -0.3 is 19.2 Å². The molecule has 1 N–H and O–H groups in total. The molecular formula is C28H28N2O5. The molecule has 0 saturated carbocycles. The average molecular weight is 473 g/mol. The number of aliphatic hydroxyl groups is 1. The zero-order chi connectivity index (χ0) is 24.9. The Hall–Kier alpha value is -4.00. The number of nitrogens with zero attached hydrogens (tertiary/aromatic N) is 2. The van der Waals surface area contributed by atoms with Crippen LogP contribution in [0.25, 0.3) is 5.76 Å². The van der Waals surface area contributed by atoms with Crippen molar-refractivity contribution in [1.29, 1.82) is 0 Å². The maximum absolute atomic E-state index is 13.3. The number of ketones is 1. The minimum Gasteiger partial charge on any atom is -0.507 e. The summed E-state index contributed by atoms with van der Waals surface area (Å²) in [5.41, 5.74) is 2.83. The Morgan fingerprint density at radius 2 is 1.80 bits per heavy atom. The van der Waals surface area contributed by atoms with Gasteiger partial charge in [0.2, 0.25) is 0 Å². The molecule has 1 fully saturated rings. The van der Waals surface area contributed by atoms with E-state index in [1.807, 2.05) is 36.2 Å². The van der Waals surface area contributed by atoms with Crippen molar-refractivity contribution in [3.05, 3.63) is 83.3 Å². The van der Waals surface area contributed by atoms with Gasteiger partial charge in [0, 0.05) is 18.3 Å². The van der Waals surface area contributed by atoms with E-state index in [9.17, 15) is 14.7 Å². The fourth-order valence-corrected chi connectivity index (χ4v) is 4.59. The normalized spacial score (nSPS) is 19.6. The number of hydrogen-bond acceptors (Lipinski definition) is 6. The van der Waals surface area contributed by atoms with Gasteiger partial charge in [-0.15, -0.1) is 0 Å². The van der Waals surface area contributed by atoms with Crippen LogP contribution >= 0.6 is 0 Å². The van der Waals surface area contributed by atoms with Crippen molar-refractivity contribution < 1.29 is 23.8 Å². The van der Waals surface area contributed by atoms with E-state index < -0.39 is 17.7 Å². The van der Waals surface area contributed by atoms with Crippen LogP contribution in [0.5, 0.6) is 5.75 Å². The zero-order valence-electron chi connectivity index (χ0n) is 20.2. The van der Waals surface area contributed by atoms with Crippen LogP contribution in [0.15, 0.2) is 70.9 Å². The highest BCUT2D eigenvalue weighted by atomic mass is 16.5. The Morgan fingerprint density at radius 1 is 1.06 bits per heavy atom. The van der Waals surface area contributed by atoms with Crippen LogP contribution in [0.2, 0.25) is 0 Å². The standard InChI is InChI=1S/C28H28N2O5/c1-28(2,3)18-8-10-19(11-9-18)30-24(22-6-5-14-34-22)23(26(32)27(30)33)25(31)17-7-12-21-20(16-17)29(4)13-15-35-21/h5-12,14,16,24,31H,13,15H2,1-4H3/b25-23-. The summed E-state index contributed by atoms with van der Waals surface area (Å²) in [4.78, 5) is 30.0. The molecule has 5 rings (SSSR count). The van der Waals surface area contributed by atoms with Gasteiger partial charge in [-0.25, -0.2) is 0 Å². The SMILES string of the molecule is CN1CCOc2ccc(/C(O)=C3/C(=O)C(=O)N(c4ccc(C(C)(C)C)cc4)C3c3ccco3)cc21. The molecule has 1 aromatic heterocycles. The molecule has 180 valence electrons. The van der Waals surface area contributed by atoms with Crippen molar-refractivity contribution in [3.8, 4) is 5.75 Å². The third-order valence-corrected chi connectivity index (χ3v) is 6.60. The number of amides is 1. The van der Waals surface area contributed by atoms with Crippen molar-refractivity contribution >= 4 is 28.8 Å². The highest BCUT2D eigenvalue weighted by Gasteiger charge is 2.48. The van der Waals surface area contributed by atoms with E-state index in [0.717, 1.165) is 11.3 Å². The van der Waals surface area contributed by atoms with Gasteiger partial charge in [-0.2, -0.15) is 0 Å². The number of benzene rings is 2. The van der Waals surface area contributed by atoms with Gasteiger partial charge in [-0.3, -0.25) is 14.5 Å². The Balaban J connectivity index is 1.64. The quantitative estimate of drug-likeness (QED) is 0.327. The number of fused-ring (bicyclic) bond motifs is 1. The van der Waals surface area contributed by atoms with Crippen molar-refractivity contribution in [2.75, 3.05) is 30.0 Å². The summed E-state index contributed by atoms with van der Waals surface area (Å²) in [6.07, 6.45) is 1.49. The molecular weight excluding hydrogens is 444 g/mol. The van der Waals surface area contributed by atoms with Crippen LogP contribution < -0.4 is 14.5 Å². The third kappa shape index (κ3) is 3.87. The molecule has 35 heavy (non-hydrogen) atoms. The van der Waals surface area contributed by atoms with Crippen molar-refractivity contribution in [2.24, 2.45) is 0 Å². The number of likely N-dealkylation sites (N-methyl/N-ethyl adjacent to an activating group) is 1. The maximum atomic E-state index is 13.3. The molecule has 3 aromatic rings. The summed E-state index contributed by atoms with van der Waals surface area (Å²) >= 11 is 0. The fourth-order valence-electron chi connectivity index (χ4n) is 4.59. The van der Waals surface area contributed by atoms with E-state index in [0.29, 0.717) is 35.9 Å². The van der Waals surface area contributed by atoms with Gasteiger partial charge in [0.25, 0.3) is 11.7 Å². The molecule has 2 aromatic carbocycles. The van der Waals surface area contributed by atoms with Crippen molar-refractivity contribution in [1.82, 2.24) is 0 Å². The lowest BCUT2D eigenvalue weighted by Crippen LogP contribution is -2.29. The van der Waals surface area contributed by atoms with E-state index in [1.54, 1.807) is 30.3 Å². The lowest BCUT2D eigenvalue weighted by atomic mass is 9.87. The van der Waals surface area contributed by atoms with Crippen LogP contribution in [0, 0.1) is 0 Å². The molecule has 0 aliphatic carbocycles. The number of aliphatic hydroxyl groups excluding tert-OH is 1.